The fraction of sp³-hybridized carbons (Fsp3) is 0.462. The molecule has 0 aliphatic heterocycles. The number of rotatable bonds is 12. The molecule has 0 amide bonds. The van der Waals surface area contributed by atoms with E-state index in [4.69, 9.17) is 27.3 Å². The maximum Gasteiger partial charge on any atom is 0.240 e. The van der Waals surface area contributed by atoms with E-state index < -0.39 is 10.0 Å². The minimum absolute atomic E-state index is 0.205. The molecule has 0 bridgehead atoms. The monoisotopic (exact) mass is 530 g/mol. The van der Waals surface area contributed by atoms with Crippen LogP contribution in [0.15, 0.2) is 53.4 Å². The standard InChI is InChI=1S/C26H35ClN6O2S/c27-21-6-5-7-22(16-21)36(34,35)31-18-20-12-10-19(11-13-20)17-30-26-32-24-9-2-1-8-23(24)25(33-26)29-15-4-3-14-28/h1-2,5-9,16,19-20,31H,3-4,10-15,17-18,28H2,(H2,29,30,32,33)/t19-,20-. The molecule has 1 aliphatic rings. The largest absolute Gasteiger partial charge is 0.369 e. The van der Waals surface area contributed by atoms with Crippen LogP contribution in [0.3, 0.4) is 0 Å². The molecule has 36 heavy (non-hydrogen) atoms. The van der Waals surface area contributed by atoms with Crippen molar-refractivity contribution >= 4 is 44.3 Å². The van der Waals surface area contributed by atoms with E-state index in [1.165, 1.54) is 6.07 Å². The fourth-order valence-electron chi connectivity index (χ4n) is 4.59. The fourth-order valence-corrected chi connectivity index (χ4v) is 6.00. The molecule has 0 atom stereocenters. The van der Waals surface area contributed by atoms with Gasteiger partial charge in [-0.05, 0) is 87.2 Å². The predicted octanol–water partition coefficient (Wildman–Crippen LogP) is 4.63. The number of nitrogens with one attached hydrogen (secondary N) is 3. The highest BCUT2D eigenvalue weighted by molar-refractivity contribution is 7.89. The molecule has 5 N–H and O–H groups in total. The van der Waals surface area contributed by atoms with Crippen molar-refractivity contribution in [3.63, 3.8) is 0 Å². The molecular weight excluding hydrogens is 496 g/mol. The molecule has 1 aromatic heterocycles. The Labute approximate surface area is 218 Å². The summed E-state index contributed by atoms with van der Waals surface area (Å²) in [5.41, 5.74) is 6.52. The van der Waals surface area contributed by atoms with E-state index in [0.717, 1.165) is 68.3 Å². The number of hydrogen-bond acceptors (Lipinski definition) is 7. The quantitative estimate of drug-likeness (QED) is 0.252. The van der Waals surface area contributed by atoms with Gasteiger partial charge in [-0.1, -0.05) is 29.8 Å². The van der Waals surface area contributed by atoms with Crippen molar-refractivity contribution in [1.29, 1.82) is 0 Å². The van der Waals surface area contributed by atoms with Crippen LogP contribution in [0.2, 0.25) is 5.02 Å². The lowest BCUT2D eigenvalue weighted by Gasteiger charge is -2.28. The van der Waals surface area contributed by atoms with Gasteiger partial charge in [0, 0.05) is 30.0 Å². The average Bonchev–Trinajstić information content (AvgIpc) is 2.89. The van der Waals surface area contributed by atoms with Crippen molar-refractivity contribution in [2.45, 2.75) is 43.4 Å². The second kappa shape index (κ2) is 12.7. The van der Waals surface area contributed by atoms with Gasteiger partial charge in [-0.25, -0.2) is 18.1 Å². The third-order valence-corrected chi connectivity index (χ3v) is 8.37. The maximum atomic E-state index is 12.6. The van der Waals surface area contributed by atoms with Gasteiger partial charge in [0.05, 0.1) is 10.4 Å². The average molecular weight is 531 g/mol. The zero-order valence-corrected chi connectivity index (χ0v) is 22.0. The molecule has 4 rings (SSSR count). The molecule has 0 unspecified atom stereocenters. The van der Waals surface area contributed by atoms with Gasteiger partial charge in [0.25, 0.3) is 0 Å². The van der Waals surface area contributed by atoms with Gasteiger partial charge in [0.1, 0.15) is 5.82 Å². The molecule has 1 fully saturated rings. The van der Waals surface area contributed by atoms with E-state index in [1.807, 2.05) is 24.3 Å². The summed E-state index contributed by atoms with van der Waals surface area (Å²) in [6.07, 6.45) is 6.01. The van der Waals surface area contributed by atoms with Crippen molar-refractivity contribution in [3.05, 3.63) is 53.6 Å². The van der Waals surface area contributed by atoms with Gasteiger partial charge in [-0.2, -0.15) is 4.98 Å². The molecule has 10 heteroatoms. The molecule has 1 heterocycles. The number of benzene rings is 2. The van der Waals surface area contributed by atoms with Crippen LogP contribution >= 0.6 is 11.6 Å². The molecular formula is C26H35ClN6O2S. The Morgan fingerprint density at radius 1 is 0.917 bits per heavy atom. The molecule has 2 aromatic carbocycles. The van der Waals surface area contributed by atoms with Gasteiger partial charge >= 0.3 is 0 Å². The SMILES string of the molecule is NCCCCNc1nc(NC[C@H]2CC[C@H](CNS(=O)(=O)c3cccc(Cl)c3)CC2)nc2ccccc12. The third-order valence-electron chi connectivity index (χ3n) is 6.71. The highest BCUT2D eigenvalue weighted by Crippen LogP contribution is 2.29. The van der Waals surface area contributed by atoms with Crippen LogP contribution in [0.1, 0.15) is 38.5 Å². The topological polar surface area (TPSA) is 122 Å². The number of para-hydroxylation sites is 1. The summed E-state index contributed by atoms with van der Waals surface area (Å²) in [5.74, 6) is 2.31. The number of aromatic nitrogens is 2. The van der Waals surface area contributed by atoms with Crippen LogP contribution in [0.25, 0.3) is 10.9 Å². The summed E-state index contributed by atoms with van der Waals surface area (Å²) in [6, 6.07) is 14.4. The van der Waals surface area contributed by atoms with E-state index in [9.17, 15) is 8.42 Å². The van der Waals surface area contributed by atoms with Crippen LogP contribution in [0.4, 0.5) is 11.8 Å². The molecule has 194 valence electrons. The summed E-state index contributed by atoms with van der Waals surface area (Å²) in [6.45, 7) is 2.76. The molecule has 3 aromatic rings. The van der Waals surface area contributed by atoms with E-state index >= 15 is 0 Å². The number of unbranched alkanes of at least 4 members (excludes halogenated alkanes) is 1. The normalized spacial score (nSPS) is 18.3. The first-order valence-electron chi connectivity index (χ1n) is 12.6. The van der Waals surface area contributed by atoms with E-state index in [0.29, 0.717) is 35.9 Å². The Balaban J connectivity index is 1.27. The van der Waals surface area contributed by atoms with E-state index in [2.05, 4.69) is 15.4 Å². The molecule has 1 saturated carbocycles. The van der Waals surface area contributed by atoms with Crippen molar-refractivity contribution < 1.29 is 8.42 Å². The summed E-state index contributed by atoms with van der Waals surface area (Å²) in [7, 11) is -3.55. The van der Waals surface area contributed by atoms with Crippen molar-refractivity contribution in [2.24, 2.45) is 17.6 Å². The first kappa shape index (κ1) is 26.6. The number of nitrogens with two attached hydrogens (primary N) is 1. The first-order valence-corrected chi connectivity index (χ1v) is 14.5. The predicted molar refractivity (Wildman–Crippen MR) is 147 cm³/mol. The lowest BCUT2D eigenvalue weighted by atomic mass is 9.82. The smallest absolute Gasteiger partial charge is 0.240 e. The summed E-state index contributed by atoms with van der Waals surface area (Å²) < 4.78 is 27.9. The molecule has 8 nitrogen and oxygen atoms in total. The molecule has 0 spiro atoms. The lowest BCUT2D eigenvalue weighted by Crippen LogP contribution is -2.32. The van der Waals surface area contributed by atoms with Gasteiger partial charge in [0.15, 0.2) is 0 Å². The third kappa shape index (κ3) is 7.29. The van der Waals surface area contributed by atoms with Crippen LogP contribution in [0, 0.1) is 11.8 Å². The Morgan fingerprint density at radius 2 is 1.67 bits per heavy atom. The van der Waals surface area contributed by atoms with Crippen molar-refractivity contribution in [3.8, 4) is 0 Å². The van der Waals surface area contributed by atoms with Gasteiger partial charge in [-0.3, -0.25) is 0 Å². The van der Waals surface area contributed by atoms with Gasteiger partial charge < -0.3 is 16.4 Å². The molecule has 0 saturated heterocycles. The Hall–Kier alpha value is -2.46. The second-order valence-electron chi connectivity index (χ2n) is 9.41. The summed E-state index contributed by atoms with van der Waals surface area (Å²) in [5, 5.41) is 8.30. The minimum Gasteiger partial charge on any atom is -0.369 e. The number of hydrogen-bond donors (Lipinski definition) is 4. The Morgan fingerprint density at radius 3 is 2.42 bits per heavy atom. The second-order valence-corrected chi connectivity index (χ2v) is 11.6. The maximum absolute atomic E-state index is 12.6. The van der Waals surface area contributed by atoms with Gasteiger partial charge in [0.2, 0.25) is 16.0 Å². The zero-order chi connectivity index (χ0) is 25.4. The zero-order valence-electron chi connectivity index (χ0n) is 20.4. The van der Waals surface area contributed by atoms with E-state index in [1.54, 1.807) is 18.2 Å². The number of sulfonamides is 1. The molecule has 0 radical (unpaired) electrons. The Bertz CT molecular complexity index is 1250. The summed E-state index contributed by atoms with van der Waals surface area (Å²) in [4.78, 5) is 9.65. The number of anilines is 2. The van der Waals surface area contributed by atoms with E-state index in [-0.39, 0.29) is 4.90 Å². The first-order chi connectivity index (χ1) is 17.4. The highest BCUT2D eigenvalue weighted by Gasteiger charge is 2.23. The molecule has 1 aliphatic carbocycles. The van der Waals surface area contributed by atoms with Crippen molar-refractivity contribution in [2.75, 3.05) is 36.8 Å². The van der Waals surface area contributed by atoms with Crippen LogP contribution in [-0.4, -0.2) is 44.6 Å². The summed E-state index contributed by atoms with van der Waals surface area (Å²) >= 11 is 5.95. The minimum atomic E-state index is -3.55. The number of fused-ring (bicyclic) bond motifs is 1. The lowest BCUT2D eigenvalue weighted by molar-refractivity contribution is 0.284. The number of halogens is 1. The van der Waals surface area contributed by atoms with Crippen LogP contribution in [0.5, 0.6) is 0 Å². The van der Waals surface area contributed by atoms with Gasteiger partial charge in [-0.15, -0.1) is 0 Å². The van der Waals surface area contributed by atoms with Crippen molar-refractivity contribution in [1.82, 2.24) is 14.7 Å². The Kier molecular flexibility index (Phi) is 9.36. The van der Waals surface area contributed by atoms with Crippen LogP contribution in [-0.2, 0) is 10.0 Å². The number of nitrogens with zero attached hydrogens (tertiary/aromatic N) is 2. The highest BCUT2D eigenvalue weighted by atomic mass is 35.5. The van der Waals surface area contributed by atoms with Crippen LogP contribution < -0.4 is 21.1 Å².